The van der Waals surface area contributed by atoms with Crippen molar-refractivity contribution in [2.75, 3.05) is 13.1 Å². The summed E-state index contributed by atoms with van der Waals surface area (Å²) in [5.41, 5.74) is 0. The van der Waals surface area contributed by atoms with E-state index >= 15 is 0 Å². The molecule has 82 valence electrons. The van der Waals surface area contributed by atoms with Crippen molar-refractivity contribution in [3.05, 3.63) is 0 Å². The van der Waals surface area contributed by atoms with Crippen LogP contribution >= 0.6 is 0 Å². The Morgan fingerprint density at radius 3 is 2.43 bits per heavy atom. The molecule has 1 atom stereocenters. The van der Waals surface area contributed by atoms with Gasteiger partial charge in [-0.1, -0.05) is 6.92 Å². The van der Waals surface area contributed by atoms with Crippen molar-refractivity contribution in [1.82, 2.24) is 4.90 Å². The molecule has 1 N–H and O–H groups in total. The van der Waals surface area contributed by atoms with Gasteiger partial charge in [-0.2, -0.15) is 0 Å². The lowest BCUT2D eigenvalue weighted by Crippen LogP contribution is -2.44. The van der Waals surface area contributed by atoms with Crippen LogP contribution in [0.4, 0.5) is 0 Å². The van der Waals surface area contributed by atoms with E-state index in [-0.39, 0.29) is 6.10 Å². The highest BCUT2D eigenvalue weighted by Crippen LogP contribution is 2.26. The lowest BCUT2D eigenvalue weighted by molar-refractivity contribution is 0.0541. The summed E-state index contributed by atoms with van der Waals surface area (Å²) in [5, 5.41) is 9.46. The first-order chi connectivity index (χ1) is 6.75. The molecule has 0 bridgehead atoms. The van der Waals surface area contributed by atoms with Gasteiger partial charge in [0.1, 0.15) is 0 Å². The molecule has 1 saturated heterocycles. The highest BCUT2D eigenvalue weighted by atomic mass is 16.3. The number of likely N-dealkylation sites (tertiary alicyclic amines) is 1. The van der Waals surface area contributed by atoms with Crippen LogP contribution in [-0.2, 0) is 0 Å². The van der Waals surface area contributed by atoms with E-state index < -0.39 is 0 Å². The molecule has 1 saturated carbocycles. The zero-order valence-electron chi connectivity index (χ0n) is 9.28. The van der Waals surface area contributed by atoms with Gasteiger partial charge in [0.05, 0.1) is 6.10 Å². The number of hydrogen-bond acceptors (Lipinski definition) is 2. The second kappa shape index (κ2) is 4.63. The van der Waals surface area contributed by atoms with Gasteiger partial charge in [-0.05, 0) is 51.0 Å². The summed E-state index contributed by atoms with van der Waals surface area (Å²) in [5.74, 6) is 0.885. The average molecular weight is 197 g/mol. The maximum absolute atomic E-state index is 9.46. The third-order valence-corrected chi connectivity index (χ3v) is 3.87. The van der Waals surface area contributed by atoms with Crippen LogP contribution < -0.4 is 0 Å². The summed E-state index contributed by atoms with van der Waals surface area (Å²) in [6, 6.07) is 0.779. The number of hydrogen-bond donors (Lipinski definition) is 1. The Bertz CT molecular complexity index is 175. The van der Waals surface area contributed by atoms with Gasteiger partial charge in [0.15, 0.2) is 0 Å². The standard InChI is InChI=1S/C12H23NO/c1-10-3-2-8-13(9-10)11-4-6-12(14)7-5-11/h10-12,14H,2-9H2,1H3. The molecule has 0 spiro atoms. The monoisotopic (exact) mass is 197 g/mol. The predicted octanol–water partition coefficient (Wildman–Crippen LogP) is 2.02. The highest BCUT2D eigenvalue weighted by Gasteiger charge is 2.27. The van der Waals surface area contributed by atoms with Crippen LogP contribution in [0.2, 0.25) is 0 Å². The molecular weight excluding hydrogens is 174 g/mol. The van der Waals surface area contributed by atoms with Crippen molar-refractivity contribution in [2.24, 2.45) is 5.92 Å². The molecule has 1 aliphatic heterocycles. The third-order valence-electron chi connectivity index (χ3n) is 3.87. The fourth-order valence-corrected chi connectivity index (χ4v) is 2.98. The van der Waals surface area contributed by atoms with Gasteiger partial charge < -0.3 is 10.0 Å². The number of piperidine rings is 1. The first-order valence-electron chi connectivity index (χ1n) is 6.18. The zero-order chi connectivity index (χ0) is 9.97. The summed E-state index contributed by atoms with van der Waals surface area (Å²) in [6.07, 6.45) is 7.26. The van der Waals surface area contributed by atoms with Crippen molar-refractivity contribution in [3.8, 4) is 0 Å². The number of aliphatic hydroxyl groups excluding tert-OH is 1. The summed E-state index contributed by atoms with van der Waals surface area (Å²) in [7, 11) is 0. The van der Waals surface area contributed by atoms with Gasteiger partial charge in [-0.25, -0.2) is 0 Å². The lowest BCUT2D eigenvalue weighted by atomic mass is 9.89. The first kappa shape index (κ1) is 10.4. The van der Waals surface area contributed by atoms with Gasteiger partial charge in [-0.15, -0.1) is 0 Å². The van der Waals surface area contributed by atoms with Crippen LogP contribution in [0.1, 0.15) is 45.4 Å². The van der Waals surface area contributed by atoms with E-state index in [2.05, 4.69) is 11.8 Å². The molecule has 0 radical (unpaired) electrons. The van der Waals surface area contributed by atoms with Crippen LogP contribution in [0.15, 0.2) is 0 Å². The van der Waals surface area contributed by atoms with Crippen molar-refractivity contribution >= 4 is 0 Å². The minimum atomic E-state index is -0.00605. The summed E-state index contributed by atoms with van der Waals surface area (Å²) >= 11 is 0. The van der Waals surface area contributed by atoms with Crippen LogP contribution in [0.3, 0.4) is 0 Å². The van der Waals surface area contributed by atoms with Crippen LogP contribution in [-0.4, -0.2) is 35.2 Å². The summed E-state index contributed by atoms with van der Waals surface area (Å²) in [6.45, 7) is 4.95. The van der Waals surface area contributed by atoms with E-state index in [0.29, 0.717) is 0 Å². The largest absolute Gasteiger partial charge is 0.393 e. The SMILES string of the molecule is CC1CCCN(C2CCC(O)CC2)C1. The predicted molar refractivity (Wildman–Crippen MR) is 58.2 cm³/mol. The van der Waals surface area contributed by atoms with Gasteiger partial charge in [-0.3, -0.25) is 0 Å². The Hall–Kier alpha value is -0.0800. The summed E-state index contributed by atoms with van der Waals surface area (Å²) in [4.78, 5) is 2.67. The molecule has 1 aliphatic carbocycles. The van der Waals surface area contributed by atoms with Crippen LogP contribution in [0.5, 0.6) is 0 Å². The number of rotatable bonds is 1. The fourth-order valence-electron chi connectivity index (χ4n) is 2.98. The van der Waals surface area contributed by atoms with Crippen LogP contribution in [0.25, 0.3) is 0 Å². The molecule has 2 heteroatoms. The fraction of sp³-hybridized carbons (Fsp3) is 1.00. The van der Waals surface area contributed by atoms with Crippen molar-refractivity contribution in [2.45, 2.75) is 57.6 Å². The van der Waals surface area contributed by atoms with E-state index in [1.54, 1.807) is 0 Å². The van der Waals surface area contributed by atoms with Crippen LogP contribution in [0, 0.1) is 5.92 Å². The molecule has 2 nitrogen and oxygen atoms in total. The highest BCUT2D eigenvalue weighted by molar-refractivity contribution is 4.82. The molecule has 0 amide bonds. The minimum absolute atomic E-state index is 0.00605. The third kappa shape index (κ3) is 2.48. The Morgan fingerprint density at radius 1 is 1.07 bits per heavy atom. The second-order valence-corrected chi connectivity index (χ2v) is 5.20. The molecule has 14 heavy (non-hydrogen) atoms. The van der Waals surface area contributed by atoms with Crippen molar-refractivity contribution in [1.29, 1.82) is 0 Å². The molecule has 2 fully saturated rings. The molecule has 1 unspecified atom stereocenters. The van der Waals surface area contributed by atoms with Gasteiger partial charge in [0.2, 0.25) is 0 Å². The topological polar surface area (TPSA) is 23.5 Å². The van der Waals surface area contributed by atoms with Gasteiger partial charge in [0, 0.05) is 12.6 Å². The molecule has 2 rings (SSSR count). The lowest BCUT2D eigenvalue weighted by Gasteiger charge is -2.40. The van der Waals surface area contributed by atoms with E-state index in [0.717, 1.165) is 24.8 Å². The first-order valence-corrected chi connectivity index (χ1v) is 6.18. The Balaban J connectivity index is 1.82. The normalized spacial score (nSPS) is 41.1. The van der Waals surface area contributed by atoms with E-state index in [9.17, 15) is 5.11 Å². The molecule has 0 aromatic carbocycles. The van der Waals surface area contributed by atoms with E-state index in [1.165, 1.54) is 38.8 Å². The number of aliphatic hydroxyl groups is 1. The second-order valence-electron chi connectivity index (χ2n) is 5.20. The van der Waals surface area contributed by atoms with Crippen molar-refractivity contribution < 1.29 is 5.11 Å². The van der Waals surface area contributed by atoms with Gasteiger partial charge >= 0.3 is 0 Å². The number of nitrogens with zero attached hydrogens (tertiary/aromatic N) is 1. The quantitative estimate of drug-likeness (QED) is 0.695. The van der Waals surface area contributed by atoms with E-state index in [1.807, 2.05) is 0 Å². The van der Waals surface area contributed by atoms with Crippen molar-refractivity contribution in [3.63, 3.8) is 0 Å². The Morgan fingerprint density at radius 2 is 1.79 bits per heavy atom. The smallest absolute Gasteiger partial charge is 0.0541 e. The minimum Gasteiger partial charge on any atom is -0.393 e. The molecule has 2 aliphatic rings. The van der Waals surface area contributed by atoms with Gasteiger partial charge in [0.25, 0.3) is 0 Å². The maximum Gasteiger partial charge on any atom is 0.0541 e. The molecule has 0 aromatic rings. The molecular formula is C12H23NO. The maximum atomic E-state index is 9.46. The van der Waals surface area contributed by atoms with E-state index in [4.69, 9.17) is 0 Å². The zero-order valence-corrected chi connectivity index (χ0v) is 9.28. The average Bonchev–Trinajstić information content (AvgIpc) is 2.19. The Labute approximate surface area is 87.3 Å². The Kier molecular flexibility index (Phi) is 3.45. The molecule has 0 aromatic heterocycles. The summed E-state index contributed by atoms with van der Waals surface area (Å²) < 4.78 is 0. The molecule has 1 heterocycles.